The first kappa shape index (κ1) is 18.4. The van der Waals surface area contributed by atoms with E-state index < -0.39 is 0 Å². The summed E-state index contributed by atoms with van der Waals surface area (Å²) in [7, 11) is 3.16. The van der Waals surface area contributed by atoms with E-state index >= 15 is 0 Å². The highest BCUT2D eigenvalue weighted by Crippen LogP contribution is 2.31. The van der Waals surface area contributed by atoms with Gasteiger partial charge in [-0.1, -0.05) is 11.6 Å². The number of nitrogens with two attached hydrogens (primary N) is 1. The minimum atomic E-state index is -0.367. The Morgan fingerprint density at radius 2 is 1.96 bits per heavy atom. The van der Waals surface area contributed by atoms with E-state index in [4.69, 9.17) is 10.7 Å². The molecule has 0 amide bonds. The van der Waals surface area contributed by atoms with Crippen molar-refractivity contribution >= 4 is 17.1 Å². The van der Waals surface area contributed by atoms with Gasteiger partial charge in [0.25, 0.3) is 5.56 Å². The lowest BCUT2D eigenvalue weighted by Gasteiger charge is -2.23. The van der Waals surface area contributed by atoms with Crippen molar-refractivity contribution in [2.24, 2.45) is 25.7 Å². The van der Waals surface area contributed by atoms with Crippen molar-refractivity contribution in [3.8, 4) is 0 Å². The summed E-state index contributed by atoms with van der Waals surface area (Å²) in [5.41, 5.74) is 7.18. The summed E-state index contributed by atoms with van der Waals surface area (Å²) in [6, 6.07) is 0. The van der Waals surface area contributed by atoms with Gasteiger partial charge < -0.3 is 15.2 Å². The highest BCUT2D eigenvalue weighted by atomic mass is 16.2. The van der Waals surface area contributed by atoms with E-state index in [1.54, 1.807) is 7.05 Å². The fraction of sp³-hybridized carbons (Fsp3) is 0.611. The molecule has 3 rings (SSSR count). The fourth-order valence-corrected chi connectivity index (χ4v) is 3.16. The predicted molar refractivity (Wildman–Crippen MR) is 104 cm³/mol. The maximum atomic E-state index is 12.8. The molecule has 0 atom stereocenters. The zero-order valence-corrected chi connectivity index (χ0v) is 16.0. The van der Waals surface area contributed by atoms with Gasteiger partial charge in [-0.25, -0.2) is 4.79 Å². The van der Waals surface area contributed by atoms with Crippen LogP contribution in [0.3, 0.4) is 0 Å². The van der Waals surface area contributed by atoms with Gasteiger partial charge in [0.05, 0.1) is 0 Å². The van der Waals surface area contributed by atoms with Crippen molar-refractivity contribution in [1.29, 1.82) is 0 Å². The van der Waals surface area contributed by atoms with Gasteiger partial charge in [-0.2, -0.15) is 4.98 Å². The van der Waals surface area contributed by atoms with E-state index in [1.165, 1.54) is 24.5 Å². The van der Waals surface area contributed by atoms with Crippen LogP contribution < -0.4 is 21.9 Å². The van der Waals surface area contributed by atoms with Gasteiger partial charge in [0.15, 0.2) is 11.2 Å². The minimum Gasteiger partial charge on any atom is -0.341 e. The molecule has 8 nitrogen and oxygen atoms in total. The van der Waals surface area contributed by atoms with E-state index in [-0.39, 0.29) is 11.2 Å². The van der Waals surface area contributed by atoms with Crippen LogP contribution in [-0.2, 0) is 20.6 Å². The molecule has 1 fully saturated rings. The van der Waals surface area contributed by atoms with Crippen molar-refractivity contribution in [3.63, 3.8) is 0 Å². The standard InChI is InChI=1S/C18H28N6O2/c1-12(2)7-9-24-14-15(21(3)18(26)22(4)16(14)25)20-17(24)23(10-8-19)11-13-5-6-13/h7,13H,5-6,8-11,19H2,1-4H3. The maximum absolute atomic E-state index is 12.8. The largest absolute Gasteiger partial charge is 0.341 e. The maximum Gasteiger partial charge on any atom is 0.332 e. The molecule has 2 aromatic heterocycles. The van der Waals surface area contributed by atoms with Gasteiger partial charge in [-0.3, -0.25) is 13.9 Å². The molecule has 0 aromatic carbocycles. The van der Waals surface area contributed by atoms with E-state index in [0.717, 1.165) is 16.7 Å². The number of imidazole rings is 1. The number of aromatic nitrogens is 4. The molecule has 8 heteroatoms. The molecule has 2 heterocycles. The highest BCUT2D eigenvalue weighted by molar-refractivity contribution is 5.74. The molecule has 1 saturated carbocycles. The quantitative estimate of drug-likeness (QED) is 0.729. The third-order valence-electron chi connectivity index (χ3n) is 4.87. The Kier molecular flexibility index (Phi) is 5.04. The summed E-state index contributed by atoms with van der Waals surface area (Å²) in [5, 5.41) is 0. The average Bonchev–Trinajstić information content (AvgIpc) is 3.33. The van der Waals surface area contributed by atoms with Gasteiger partial charge in [0, 0.05) is 40.3 Å². The molecule has 0 spiro atoms. The number of nitrogens with zero attached hydrogens (tertiary/aromatic N) is 5. The molecule has 0 aliphatic heterocycles. The number of rotatable bonds is 7. The van der Waals surface area contributed by atoms with Crippen molar-refractivity contribution in [2.45, 2.75) is 33.2 Å². The first-order valence-corrected chi connectivity index (χ1v) is 9.09. The highest BCUT2D eigenvalue weighted by Gasteiger charge is 2.28. The van der Waals surface area contributed by atoms with Gasteiger partial charge in [-0.05, 0) is 32.6 Å². The summed E-state index contributed by atoms with van der Waals surface area (Å²) in [6.07, 6.45) is 4.50. The Morgan fingerprint density at radius 3 is 2.54 bits per heavy atom. The SMILES string of the molecule is CC(C)=CCn1c(N(CCN)CC2CC2)nc2c1c(=O)n(C)c(=O)n2C. The second-order valence-corrected chi connectivity index (χ2v) is 7.36. The zero-order valence-electron chi connectivity index (χ0n) is 16.0. The first-order chi connectivity index (χ1) is 12.3. The molecule has 2 aromatic rings. The lowest BCUT2D eigenvalue weighted by atomic mass is 10.3. The van der Waals surface area contributed by atoms with Crippen molar-refractivity contribution in [3.05, 3.63) is 32.5 Å². The van der Waals surface area contributed by atoms with Crippen LogP contribution in [0.1, 0.15) is 26.7 Å². The van der Waals surface area contributed by atoms with Crippen LogP contribution in [0.5, 0.6) is 0 Å². The van der Waals surface area contributed by atoms with Crippen molar-refractivity contribution in [1.82, 2.24) is 18.7 Å². The van der Waals surface area contributed by atoms with E-state index in [1.807, 2.05) is 18.4 Å². The number of hydrogen-bond donors (Lipinski definition) is 1. The summed E-state index contributed by atoms with van der Waals surface area (Å²) >= 11 is 0. The number of fused-ring (bicyclic) bond motifs is 1. The Labute approximate surface area is 152 Å². The second-order valence-electron chi connectivity index (χ2n) is 7.36. The molecule has 0 unspecified atom stereocenters. The molecule has 26 heavy (non-hydrogen) atoms. The third-order valence-corrected chi connectivity index (χ3v) is 4.87. The molecular formula is C18H28N6O2. The van der Waals surface area contributed by atoms with Crippen LogP contribution in [0, 0.1) is 5.92 Å². The Morgan fingerprint density at radius 1 is 1.27 bits per heavy atom. The van der Waals surface area contributed by atoms with E-state index in [0.29, 0.717) is 42.7 Å². The number of hydrogen-bond acceptors (Lipinski definition) is 5. The third kappa shape index (κ3) is 3.33. The van der Waals surface area contributed by atoms with Crippen LogP contribution >= 0.6 is 0 Å². The summed E-state index contributed by atoms with van der Waals surface area (Å²) < 4.78 is 4.50. The van der Waals surface area contributed by atoms with Crippen LogP contribution in [0.2, 0.25) is 0 Å². The summed E-state index contributed by atoms with van der Waals surface area (Å²) in [5.74, 6) is 1.37. The summed E-state index contributed by atoms with van der Waals surface area (Å²) in [4.78, 5) is 32.0. The molecule has 2 N–H and O–H groups in total. The molecule has 142 valence electrons. The molecule has 0 radical (unpaired) electrons. The predicted octanol–water partition coefficient (Wildman–Crippen LogP) is 0.575. The number of allylic oxidation sites excluding steroid dienone is 2. The number of aryl methyl sites for hydroxylation is 1. The van der Waals surface area contributed by atoms with Crippen LogP contribution in [-0.4, -0.2) is 38.3 Å². The van der Waals surface area contributed by atoms with Crippen molar-refractivity contribution in [2.75, 3.05) is 24.5 Å². The van der Waals surface area contributed by atoms with E-state index in [9.17, 15) is 9.59 Å². The molecule has 1 aliphatic carbocycles. The first-order valence-electron chi connectivity index (χ1n) is 9.09. The molecule has 1 aliphatic rings. The lowest BCUT2D eigenvalue weighted by molar-refractivity contribution is 0.675. The van der Waals surface area contributed by atoms with Gasteiger partial charge in [0.1, 0.15) is 0 Å². The van der Waals surface area contributed by atoms with Gasteiger partial charge >= 0.3 is 5.69 Å². The Hall–Kier alpha value is -2.35. The molecule has 0 bridgehead atoms. The smallest absolute Gasteiger partial charge is 0.332 e. The summed E-state index contributed by atoms with van der Waals surface area (Å²) in [6.45, 7) is 6.64. The van der Waals surface area contributed by atoms with Crippen LogP contribution in [0.25, 0.3) is 11.2 Å². The van der Waals surface area contributed by atoms with Crippen molar-refractivity contribution < 1.29 is 0 Å². The van der Waals surface area contributed by atoms with Gasteiger partial charge in [-0.15, -0.1) is 0 Å². The average molecular weight is 360 g/mol. The molecular weight excluding hydrogens is 332 g/mol. The van der Waals surface area contributed by atoms with Gasteiger partial charge in [0.2, 0.25) is 5.95 Å². The van der Waals surface area contributed by atoms with Crippen LogP contribution in [0.15, 0.2) is 21.2 Å². The van der Waals surface area contributed by atoms with Crippen LogP contribution in [0.4, 0.5) is 5.95 Å². The Bertz CT molecular complexity index is 957. The lowest BCUT2D eigenvalue weighted by Crippen LogP contribution is -2.37. The monoisotopic (exact) mass is 360 g/mol. The Balaban J connectivity index is 2.26. The molecule has 0 saturated heterocycles. The number of anilines is 1. The minimum absolute atomic E-state index is 0.317. The van der Waals surface area contributed by atoms with E-state index in [2.05, 4.69) is 11.0 Å². The second kappa shape index (κ2) is 7.11. The topological polar surface area (TPSA) is 91.1 Å². The normalized spacial score (nSPS) is 14.0. The zero-order chi connectivity index (χ0) is 19.0. The fourth-order valence-electron chi connectivity index (χ4n) is 3.16.